The number of rotatable bonds is 2. The third-order valence-electron chi connectivity index (χ3n) is 4.28. The summed E-state index contributed by atoms with van der Waals surface area (Å²) in [6.45, 7) is -0.451. The molecule has 7 nitrogen and oxygen atoms in total. The van der Waals surface area contributed by atoms with Crippen molar-refractivity contribution in [3.63, 3.8) is 0 Å². The van der Waals surface area contributed by atoms with Crippen molar-refractivity contribution in [2.45, 2.75) is 12.5 Å². The van der Waals surface area contributed by atoms with Gasteiger partial charge in [-0.15, -0.1) is 0 Å². The predicted molar refractivity (Wildman–Crippen MR) is 91.9 cm³/mol. The van der Waals surface area contributed by atoms with E-state index in [0.29, 0.717) is 5.56 Å². The second kappa shape index (κ2) is 6.02. The number of aliphatic hydroxyl groups excluding tert-OH is 1. The number of allylic oxidation sites excluding steroid dienone is 1. The molecule has 0 amide bonds. The summed E-state index contributed by atoms with van der Waals surface area (Å²) < 4.78 is 11.1. The molecule has 1 aliphatic heterocycles. The first-order chi connectivity index (χ1) is 12.6. The highest BCUT2D eigenvalue weighted by molar-refractivity contribution is 5.84. The lowest BCUT2D eigenvalue weighted by Crippen LogP contribution is -2.25. The lowest BCUT2D eigenvalue weighted by atomic mass is 9.85. The van der Waals surface area contributed by atoms with Crippen LogP contribution in [0.4, 0.5) is 0 Å². The third-order valence-corrected chi connectivity index (χ3v) is 4.28. The number of benzene rings is 1. The molecule has 0 unspecified atom stereocenters. The Kier molecular flexibility index (Phi) is 3.68. The van der Waals surface area contributed by atoms with Crippen LogP contribution in [0.1, 0.15) is 23.0 Å². The topological polar surface area (TPSA) is 122 Å². The zero-order valence-electron chi connectivity index (χ0n) is 13.5. The molecule has 3 aromatic rings. The van der Waals surface area contributed by atoms with Crippen molar-refractivity contribution in [2.24, 2.45) is 5.73 Å². The number of aromatic nitrogens is 1. The molecule has 0 fully saturated rings. The van der Waals surface area contributed by atoms with Gasteiger partial charge >= 0.3 is 0 Å². The van der Waals surface area contributed by atoms with Gasteiger partial charge in [-0.25, -0.2) is 0 Å². The minimum absolute atomic E-state index is 0.0791. The molecule has 0 radical (unpaired) electrons. The fraction of sp³-hybridized carbons (Fsp3) is 0.105. The fourth-order valence-electron chi connectivity index (χ4n) is 3.14. The van der Waals surface area contributed by atoms with Crippen molar-refractivity contribution in [2.75, 3.05) is 0 Å². The van der Waals surface area contributed by atoms with Gasteiger partial charge in [-0.1, -0.05) is 18.2 Å². The molecule has 0 saturated carbocycles. The van der Waals surface area contributed by atoms with Gasteiger partial charge in [-0.3, -0.25) is 9.78 Å². The van der Waals surface area contributed by atoms with Crippen LogP contribution in [-0.4, -0.2) is 10.1 Å². The second-order valence-electron chi connectivity index (χ2n) is 5.77. The monoisotopic (exact) mass is 347 g/mol. The average Bonchev–Trinajstić information content (AvgIpc) is 2.67. The highest BCUT2D eigenvalue weighted by atomic mass is 16.5. The molecule has 128 valence electrons. The Morgan fingerprint density at radius 2 is 2.12 bits per heavy atom. The highest BCUT2D eigenvalue weighted by Crippen LogP contribution is 2.42. The summed E-state index contributed by atoms with van der Waals surface area (Å²) in [4.78, 5) is 16.7. The smallest absolute Gasteiger partial charge is 0.228 e. The Morgan fingerprint density at radius 1 is 1.31 bits per heavy atom. The van der Waals surface area contributed by atoms with Gasteiger partial charge in [-0.2, -0.15) is 5.26 Å². The number of nitrogens with zero attached hydrogens (tertiary/aromatic N) is 2. The largest absolute Gasteiger partial charge is 0.458 e. The molecule has 3 N–H and O–H groups in total. The van der Waals surface area contributed by atoms with E-state index in [4.69, 9.17) is 14.9 Å². The van der Waals surface area contributed by atoms with Crippen LogP contribution in [0.15, 0.2) is 63.3 Å². The van der Waals surface area contributed by atoms with Crippen LogP contribution in [0.2, 0.25) is 0 Å². The van der Waals surface area contributed by atoms with E-state index < -0.39 is 18.0 Å². The molecule has 0 spiro atoms. The van der Waals surface area contributed by atoms with E-state index >= 15 is 0 Å². The van der Waals surface area contributed by atoms with Crippen LogP contribution in [0.5, 0.6) is 5.75 Å². The Labute approximate surface area is 147 Å². The Hall–Kier alpha value is -3.63. The summed E-state index contributed by atoms with van der Waals surface area (Å²) >= 11 is 0. The van der Waals surface area contributed by atoms with Gasteiger partial charge in [0.2, 0.25) is 17.1 Å². The van der Waals surface area contributed by atoms with E-state index in [-0.39, 0.29) is 28.7 Å². The number of nitriles is 1. The molecule has 1 aromatic carbocycles. The number of aliphatic hydroxyl groups is 1. The SMILES string of the molecule is N#CC1=C(N)Oc2c(oc(CO)cc2=O)[C@@H]1c1ccnc2ccccc12. The van der Waals surface area contributed by atoms with Gasteiger partial charge < -0.3 is 20.0 Å². The quantitative estimate of drug-likeness (QED) is 0.726. The zero-order chi connectivity index (χ0) is 18.3. The molecule has 26 heavy (non-hydrogen) atoms. The maximum Gasteiger partial charge on any atom is 0.228 e. The molecule has 3 heterocycles. The lowest BCUT2D eigenvalue weighted by Gasteiger charge is -2.25. The molecule has 1 atom stereocenters. The van der Waals surface area contributed by atoms with Crippen LogP contribution < -0.4 is 15.9 Å². The molecule has 7 heteroatoms. The average molecular weight is 347 g/mol. The van der Waals surface area contributed by atoms with Crippen LogP contribution in [0.3, 0.4) is 0 Å². The molecule has 0 saturated heterocycles. The third kappa shape index (κ3) is 2.32. The molecule has 2 aromatic heterocycles. The molecule has 0 bridgehead atoms. The van der Waals surface area contributed by atoms with Gasteiger partial charge in [0.15, 0.2) is 5.76 Å². The van der Waals surface area contributed by atoms with Crippen molar-refractivity contribution in [3.8, 4) is 11.8 Å². The summed E-state index contributed by atoms with van der Waals surface area (Å²) in [5.41, 5.74) is 7.00. The Morgan fingerprint density at radius 3 is 2.88 bits per heavy atom. The minimum atomic E-state index is -0.740. The summed E-state index contributed by atoms with van der Waals surface area (Å²) in [5, 5.41) is 19.8. The van der Waals surface area contributed by atoms with E-state index in [2.05, 4.69) is 4.98 Å². The van der Waals surface area contributed by atoms with Crippen molar-refractivity contribution in [3.05, 3.63) is 81.4 Å². The van der Waals surface area contributed by atoms with Crippen molar-refractivity contribution in [1.82, 2.24) is 4.98 Å². The minimum Gasteiger partial charge on any atom is -0.458 e. The maximum atomic E-state index is 12.4. The van der Waals surface area contributed by atoms with Crippen LogP contribution >= 0.6 is 0 Å². The lowest BCUT2D eigenvalue weighted by molar-refractivity contribution is 0.231. The van der Waals surface area contributed by atoms with Gasteiger partial charge in [-0.05, 0) is 17.7 Å². The molecular weight excluding hydrogens is 334 g/mol. The van der Waals surface area contributed by atoms with Gasteiger partial charge in [0.1, 0.15) is 24.0 Å². The first kappa shape index (κ1) is 15.9. The normalized spacial score (nSPS) is 16.1. The van der Waals surface area contributed by atoms with Crippen molar-refractivity contribution < 1.29 is 14.3 Å². The summed E-state index contributed by atoms with van der Waals surface area (Å²) in [7, 11) is 0. The fourth-order valence-corrected chi connectivity index (χ4v) is 3.14. The molecule has 0 aliphatic carbocycles. The van der Waals surface area contributed by atoms with E-state index in [1.807, 2.05) is 30.3 Å². The first-order valence-corrected chi connectivity index (χ1v) is 7.83. The number of hydrogen-bond donors (Lipinski definition) is 2. The standard InChI is InChI=1S/C19H13N3O4/c20-8-13-16(12-5-6-22-14-4-2-1-3-11(12)14)18-17(26-19(13)21)15(24)7-10(9-23)25-18/h1-7,16,23H,9,21H2/t16-/m1/s1. The zero-order valence-corrected chi connectivity index (χ0v) is 13.5. The van der Waals surface area contributed by atoms with E-state index in [1.165, 1.54) is 0 Å². The van der Waals surface area contributed by atoms with Gasteiger partial charge in [0, 0.05) is 17.6 Å². The second-order valence-corrected chi connectivity index (χ2v) is 5.77. The highest BCUT2D eigenvalue weighted by Gasteiger charge is 2.36. The molecular formula is C19H13N3O4. The number of nitrogens with two attached hydrogens (primary N) is 1. The number of ether oxygens (including phenoxy) is 1. The van der Waals surface area contributed by atoms with Gasteiger partial charge in [0.05, 0.1) is 11.4 Å². The number of para-hydroxylation sites is 1. The maximum absolute atomic E-state index is 12.4. The van der Waals surface area contributed by atoms with E-state index in [1.54, 1.807) is 12.3 Å². The number of fused-ring (bicyclic) bond motifs is 2. The summed E-state index contributed by atoms with van der Waals surface area (Å²) in [6, 6.07) is 12.4. The van der Waals surface area contributed by atoms with Crippen LogP contribution in [0.25, 0.3) is 10.9 Å². The van der Waals surface area contributed by atoms with Gasteiger partial charge in [0.25, 0.3) is 0 Å². The summed E-state index contributed by atoms with van der Waals surface area (Å²) in [6.07, 6.45) is 1.62. The van der Waals surface area contributed by atoms with E-state index in [0.717, 1.165) is 17.0 Å². The Balaban J connectivity index is 2.08. The van der Waals surface area contributed by atoms with Crippen molar-refractivity contribution in [1.29, 1.82) is 5.26 Å². The predicted octanol–water partition coefficient (Wildman–Crippen LogP) is 1.90. The summed E-state index contributed by atoms with van der Waals surface area (Å²) in [5.74, 6) is -0.738. The van der Waals surface area contributed by atoms with Crippen LogP contribution in [-0.2, 0) is 6.61 Å². The van der Waals surface area contributed by atoms with Crippen LogP contribution in [0, 0.1) is 11.3 Å². The number of pyridine rings is 1. The number of hydrogen-bond acceptors (Lipinski definition) is 7. The van der Waals surface area contributed by atoms with E-state index in [9.17, 15) is 15.2 Å². The Bertz CT molecular complexity index is 1150. The molecule has 1 aliphatic rings. The molecule has 4 rings (SSSR count). The van der Waals surface area contributed by atoms with Crippen molar-refractivity contribution >= 4 is 10.9 Å². The first-order valence-electron chi connectivity index (χ1n) is 7.83.